The molecule has 2 aromatic rings. The van der Waals surface area contributed by atoms with Crippen molar-refractivity contribution in [2.45, 2.75) is 6.92 Å². The van der Waals surface area contributed by atoms with Crippen LogP contribution in [0.3, 0.4) is 0 Å². The Balaban J connectivity index is 2.58. The van der Waals surface area contributed by atoms with E-state index in [0.29, 0.717) is 5.56 Å². The predicted octanol–water partition coefficient (Wildman–Crippen LogP) is 4.16. The molecule has 0 aliphatic carbocycles. The van der Waals surface area contributed by atoms with E-state index in [9.17, 15) is 13.6 Å². The van der Waals surface area contributed by atoms with Crippen molar-refractivity contribution in [3.05, 3.63) is 69.7 Å². The van der Waals surface area contributed by atoms with Gasteiger partial charge in [-0.05, 0) is 31.2 Å². The van der Waals surface area contributed by atoms with Crippen molar-refractivity contribution in [1.29, 1.82) is 0 Å². The zero-order chi connectivity index (χ0) is 13.3. The van der Waals surface area contributed by atoms with Gasteiger partial charge in [0.05, 0.1) is 16.1 Å². The van der Waals surface area contributed by atoms with Crippen molar-refractivity contribution in [3.63, 3.8) is 0 Å². The highest BCUT2D eigenvalue weighted by Gasteiger charge is 2.20. The lowest BCUT2D eigenvalue weighted by molar-refractivity contribution is 0.103. The highest BCUT2D eigenvalue weighted by atomic mass is 35.5. The third-order valence-corrected chi connectivity index (χ3v) is 2.87. The quantitative estimate of drug-likeness (QED) is 0.746. The maximum absolute atomic E-state index is 13.6. The molecule has 0 saturated carbocycles. The summed E-state index contributed by atoms with van der Waals surface area (Å²) < 4.78 is 27.2. The molecule has 0 unspecified atom stereocenters. The number of aryl methyl sites for hydroxylation is 1. The molecular weight excluding hydrogens is 258 g/mol. The molecule has 0 radical (unpaired) electrons. The second-order valence-corrected chi connectivity index (χ2v) is 4.32. The van der Waals surface area contributed by atoms with Crippen molar-refractivity contribution in [2.24, 2.45) is 0 Å². The standard InChI is InChI=1S/C14H9ClF2O/c1-8-5-6-11(16)9(7-8)14(18)13-10(15)3-2-4-12(13)17/h2-7H,1H3. The number of rotatable bonds is 2. The van der Waals surface area contributed by atoms with E-state index in [2.05, 4.69) is 0 Å². The Hall–Kier alpha value is -1.74. The van der Waals surface area contributed by atoms with Gasteiger partial charge in [0, 0.05) is 0 Å². The fraction of sp³-hybridized carbons (Fsp3) is 0.0714. The molecule has 0 spiro atoms. The van der Waals surface area contributed by atoms with E-state index >= 15 is 0 Å². The van der Waals surface area contributed by atoms with Gasteiger partial charge in [-0.3, -0.25) is 4.79 Å². The molecule has 0 saturated heterocycles. The predicted molar refractivity (Wildman–Crippen MR) is 66.0 cm³/mol. The van der Waals surface area contributed by atoms with E-state index in [-0.39, 0.29) is 16.1 Å². The van der Waals surface area contributed by atoms with Gasteiger partial charge in [-0.1, -0.05) is 29.3 Å². The summed E-state index contributed by atoms with van der Waals surface area (Å²) >= 11 is 5.78. The molecule has 2 rings (SSSR count). The smallest absolute Gasteiger partial charge is 0.200 e. The number of carbonyl (C=O) groups excluding carboxylic acids is 1. The lowest BCUT2D eigenvalue weighted by Crippen LogP contribution is -2.08. The van der Waals surface area contributed by atoms with Crippen molar-refractivity contribution < 1.29 is 13.6 Å². The molecule has 0 aromatic heterocycles. The number of hydrogen-bond acceptors (Lipinski definition) is 1. The molecule has 0 aliphatic heterocycles. The minimum atomic E-state index is -0.756. The highest BCUT2D eigenvalue weighted by Crippen LogP contribution is 2.24. The average molecular weight is 267 g/mol. The lowest BCUT2D eigenvalue weighted by Gasteiger charge is -2.06. The van der Waals surface area contributed by atoms with Gasteiger partial charge in [-0.2, -0.15) is 0 Å². The van der Waals surface area contributed by atoms with Gasteiger partial charge in [-0.25, -0.2) is 8.78 Å². The van der Waals surface area contributed by atoms with Crippen LogP contribution in [0.2, 0.25) is 5.02 Å². The van der Waals surface area contributed by atoms with E-state index in [1.54, 1.807) is 6.92 Å². The van der Waals surface area contributed by atoms with Crippen LogP contribution in [-0.4, -0.2) is 5.78 Å². The number of hydrogen-bond donors (Lipinski definition) is 0. The Bertz CT molecular complexity index is 603. The van der Waals surface area contributed by atoms with Crippen molar-refractivity contribution in [1.82, 2.24) is 0 Å². The second kappa shape index (κ2) is 4.86. The lowest BCUT2D eigenvalue weighted by atomic mass is 10.0. The fourth-order valence-electron chi connectivity index (χ4n) is 1.66. The van der Waals surface area contributed by atoms with Crippen molar-refractivity contribution >= 4 is 17.4 Å². The molecule has 92 valence electrons. The zero-order valence-electron chi connectivity index (χ0n) is 9.51. The minimum absolute atomic E-state index is 0.0269. The summed E-state index contributed by atoms with van der Waals surface area (Å²) in [5, 5.41) is -0.0269. The molecule has 4 heteroatoms. The third kappa shape index (κ3) is 2.27. The molecule has 0 atom stereocenters. The van der Waals surface area contributed by atoms with E-state index in [4.69, 9.17) is 11.6 Å². The Morgan fingerprint density at radius 2 is 1.83 bits per heavy atom. The van der Waals surface area contributed by atoms with Crippen molar-refractivity contribution in [3.8, 4) is 0 Å². The van der Waals surface area contributed by atoms with Gasteiger partial charge in [0.25, 0.3) is 0 Å². The molecule has 0 heterocycles. The van der Waals surface area contributed by atoms with Crippen LogP contribution in [0.25, 0.3) is 0 Å². The van der Waals surface area contributed by atoms with Gasteiger partial charge in [-0.15, -0.1) is 0 Å². The van der Waals surface area contributed by atoms with Gasteiger partial charge in [0.2, 0.25) is 0 Å². The van der Waals surface area contributed by atoms with Gasteiger partial charge < -0.3 is 0 Å². The topological polar surface area (TPSA) is 17.1 Å². The molecule has 1 nitrogen and oxygen atoms in total. The number of halogens is 3. The third-order valence-electron chi connectivity index (χ3n) is 2.56. The monoisotopic (exact) mass is 266 g/mol. The Morgan fingerprint density at radius 3 is 2.50 bits per heavy atom. The first kappa shape index (κ1) is 12.7. The summed E-state index contributed by atoms with van der Waals surface area (Å²) in [7, 11) is 0. The van der Waals surface area contributed by atoms with E-state index in [1.807, 2.05) is 0 Å². The summed E-state index contributed by atoms with van der Waals surface area (Å²) in [5.74, 6) is -2.20. The summed E-state index contributed by atoms with van der Waals surface area (Å²) in [4.78, 5) is 12.1. The van der Waals surface area contributed by atoms with Crippen LogP contribution in [0, 0.1) is 18.6 Å². The first-order chi connectivity index (χ1) is 8.50. The van der Waals surface area contributed by atoms with E-state index in [0.717, 1.165) is 6.07 Å². The van der Waals surface area contributed by atoms with Crippen LogP contribution < -0.4 is 0 Å². The summed E-state index contributed by atoms with van der Waals surface area (Å²) in [6.07, 6.45) is 0. The van der Waals surface area contributed by atoms with Gasteiger partial charge in [0.15, 0.2) is 5.78 Å². The molecular formula is C14H9ClF2O. The van der Waals surface area contributed by atoms with E-state index < -0.39 is 17.4 Å². The molecule has 0 fully saturated rings. The summed E-state index contributed by atoms with van der Waals surface area (Å²) in [6, 6.07) is 7.99. The number of carbonyl (C=O) groups is 1. The number of benzene rings is 2. The summed E-state index contributed by atoms with van der Waals surface area (Å²) in [5.41, 5.74) is 0.234. The molecule has 0 aliphatic rings. The highest BCUT2D eigenvalue weighted by molar-refractivity contribution is 6.35. The Labute approximate surface area is 108 Å². The minimum Gasteiger partial charge on any atom is -0.288 e. The van der Waals surface area contributed by atoms with Gasteiger partial charge >= 0.3 is 0 Å². The maximum Gasteiger partial charge on any atom is 0.200 e. The molecule has 0 amide bonds. The fourth-order valence-corrected chi connectivity index (χ4v) is 1.91. The first-order valence-corrected chi connectivity index (χ1v) is 5.63. The Morgan fingerprint density at radius 1 is 1.11 bits per heavy atom. The van der Waals surface area contributed by atoms with Crippen LogP contribution in [-0.2, 0) is 0 Å². The molecule has 2 aromatic carbocycles. The van der Waals surface area contributed by atoms with Crippen LogP contribution in [0.4, 0.5) is 8.78 Å². The molecule has 0 N–H and O–H groups in total. The normalized spacial score (nSPS) is 10.4. The maximum atomic E-state index is 13.6. The van der Waals surface area contributed by atoms with Crippen LogP contribution in [0.5, 0.6) is 0 Å². The summed E-state index contributed by atoms with van der Waals surface area (Å²) in [6.45, 7) is 1.72. The average Bonchev–Trinajstić information content (AvgIpc) is 2.32. The van der Waals surface area contributed by atoms with Crippen LogP contribution in [0.15, 0.2) is 36.4 Å². The van der Waals surface area contributed by atoms with E-state index in [1.165, 1.54) is 30.3 Å². The second-order valence-electron chi connectivity index (χ2n) is 3.91. The SMILES string of the molecule is Cc1ccc(F)c(C(=O)c2c(F)cccc2Cl)c1. The van der Waals surface area contributed by atoms with Crippen LogP contribution >= 0.6 is 11.6 Å². The molecule has 18 heavy (non-hydrogen) atoms. The molecule has 0 bridgehead atoms. The first-order valence-electron chi connectivity index (χ1n) is 5.25. The number of ketones is 1. The van der Waals surface area contributed by atoms with Crippen LogP contribution in [0.1, 0.15) is 21.5 Å². The van der Waals surface area contributed by atoms with Crippen molar-refractivity contribution in [2.75, 3.05) is 0 Å². The zero-order valence-corrected chi connectivity index (χ0v) is 10.3. The largest absolute Gasteiger partial charge is 0.288 e. The Kier molecular flexibility index (Phi) is 3.43. The van der Waals surface area contributed by atoms with Gasteiger partial charge in [0.1, 0.15) is 11.6 Å².